The van der Waals surface area contributed by atoms with Gasteiger partial charge in [0.15, 0.2) is 0 Å². The maximum Gasteiger partial charge on any atom is 0.306 e. The number of rotatable bonds is 4. The lowest BCUT2D eigenvalue weighted by atomic mass is 10.0. The van der Waals surface area contributed by atoms with Gasteiger partial charge in [-0.2, -0.15) is 11.8 Å². The van der Waals surface area contributed by atoms with Crippen LogP contribution in [0.15, 0.2) is 24.3 Å². The van der Waals surface area contributed by atoms with Gasteiger partial charge >= 0.3 is 5.97 Å². The van der Waals surface area contributed by atoms with Crippen molar-refractivity contribution in [2.75, 3.05) is 12.3 Å². The minimum absolute atomic E-state index is 0.0207. The van der Waals surface area contributed by atoms with Crippen LogP contribution < -0.4 is 5.32 Å². The smallest absolute Gasteiger partial charge is 0.306 e. The molecule has 0 aromatic heterocycles. The van der Waals surface area contributed by atoms with Crippen LogP contribution in [0, 0.1) is 11.8 Å². The van der Waals surface area contributed by atoms with Crippen molar-refractivity contribution >= 4 is 23.6 Å². The largest absolute Gasteiger partial charge is 0.481 e. The molecular formula is C17H21NO3S. The Morgan fingerprint density at radius 3 is 2.77 bits per heavy atom. The van der Waals surface area contributed by atoms with Gasteiger partial charge in [-0.25, -0.2) is 0 Å². The highest BCUT2D eigenvalue weighted by molar-refractivity contribution is 7.99. The van der Waals surface area contributed by atoms with Gasteiger partial charge in [-0.05, 0) is 42.6 Å². The number of carboxylic acid groups (broad SMARTS) is 1. The third-order valence-electron chi connectivity index (χ3n) is 4.71. The SMILES string of the molecule is O=C(O)[C@@H]1CC[C@H](C(=O)NCC2SCCc3ccccc32)C1. The van der Waals surface area contributed by atoms with E-state index in [0.717, 1.165) is 12.2 Å². The fraction of sp³-hybridized carbons (Fsp3) is 0.529. The summed E-state index contributed by atoms with van der Waals surface area (Å²) in [6, 6.07) is 8.43. The molecule has 1 aromatic rings. The van der Waals surface area contributed by atoms with E-state index in [1.807, 2.05) is 17.8 Å². The molecular weight excluding hydrogens is 298 g/mol. The van der Waals surface area contributed by atoms with Crippen LogP contribution in [0.2, 0.25) is 0 Å². The molecule has 1 heterocycles. The minimum atomic E-state index is -0.771. The van der Waals surface area contributed by atoms with Crippen LogP contribution in [0.5, 0.6) is 0 Å². The number of nitrogens with one attached hydrogen (secondary N) is 1. The summed E-state index contributed by atoms with van der Waals surface area (Å²) in [7, 11) is 0. The molecule has 118 valence electrons. The van der Waals surface area contributed by atoms with E-state index in [1.54, 1.807) is 0 Å². The predicted octanol–water partition coefficient (Wildman–Crippen LogP) is 2.63. The number of aryl methyl sites for hydroxylation is 1. The Hall–Kier alpha value is -1.49. The fourth-order valence-electron chi connectivity index (χ4n) is 3.43. The summed E-state index contributed by atoms with van der Waals surface area (Å²) < 4.78 is 0. The average Bonchev–Trinajstić information content (AvgIpc) is 3.03. The Kier molecular flexibility index (Phi) is 4.71. The highest BCUT2D eigenvalue weighted by Gasteiger charge is 2.34. The van der Waals surface area contributed by atoms with Crippen molar-refractivity contribution < 1.29 is 14.7 Å². The molecule has 4 nitrogen and oxygen atoms in total. The molecule has 0 saturated heterocycles. The number of hydrogen-bond acceptors (Lipinski definition) is 3. The summed E-state index contributed by atoms with van der Waals surface area (Å²) in [5.74, 6) is -0.146. The molecule has 2 N–H and O–H groups in total. The van der Waals surface area contributed by atoms with Gasteiger partial charge in [-0.3, -0.25) is 9.59 Å². The molecule has 1 aromatic carbocycles. The summed E-state index contributed by atoms with van der Waals surface area (Å²) in [5.41, 5.74) is 2.71. The van der Waals surface area contributed by atoms with Gasteiger partial charge in [0.2, 0.25) is 5.91 Å². The van der Waals surface area contributed by atoms with Crippen LogP contribution in [0.4, 0.5) is 0 Å². The Labute approximate surface area is 134 Å². The first-order valence-corrected chi connectivity index (χ1v) is 8.90. The summed E-state index contributed by atoms with van der Waals surface area (Å²) in [6.45, 7) is 0.634. The number of thioether (sulfide) groups is 1. The maximum absolute atomic E-state index is 12.3. The Bertz CT molecular complexity index is 575. The van der Waals surface area contributed by atoms with E-state index in [2.05, 4.69) is 23.5 Å². The number of carbonyl (C=O) groups is 2. The first-order chi connectivity index (χ1) is 10.6. The van der Waals surface area contributed by atoms with Crippen LogP contribution in [0.1, 0.15) is 35.6 Å². The van der Waals surface area contributed by atoms with Crippen molar-refractivity contribution in [1.82, 2.24) is 5.32 Å². The Balaban J connectivity index is 1.55. The molecule has 1 fully saturated rings. The lowest BCUT2D eigenvalue weighted by Crippen LogP contribution is -2.33. The molecule has 3 rings (SSSR count). The standard InChI is InChI=1S/C17H21NO3S/c19-16(12-5-6-13(9-12)17(20)21)18-10-15-14-4-2-1-3-11(14)7-8-22-15/h1-4,12-13,15H,5-10H2,(H,18,19)(H,20,21)/t12-,13+,15?/m0/s1. The zero-order valence-corrected chi connectivity index (χ0v) is 13.3. The second-order valence-corrected chi connectivity index (χ2v) is 7.41. The van der Waals surface area contributed by atoms with Gasteiger partial charge < -0.3 is 10.4 Å². The lowest BCUT2D eigenvalue weighted by molar-refractivity contribution is -0.141. The van der Waals surface area contributed by atoms with Gasteiger partial charge in [0.25, 0.3) is 0 Å². The molecule has 1 unspecified atom stereocenters. The third-order valence-corrected chi connectivity index (χ3v) is 5.97. The lowest BCUT2D eigenvalue weighted by Gasteiger charge is -2.25. The summed E-state index contributed by atoms with van der Waals surface area (Å²) in [6.07, 6.45) is 2.88. The second kappa shape index (κ2) is 6.73. The summed E-state index contributed by atoms with van der Waals surface area (Å²) in [5, 5.41) is 12.4. The van der Waals surface area contributed by atoms with E-state index >= 15 is 0 Å². The number of carboxylic acids is 1. The molecule has 5 heteroatoms. The topological polar surface area (TPSA) is 66.4 Å². The van der Waals surface area contributed by atoms with Crippen LogP contribution in [0.3, 0.4) is 0 Å². The van der Waals surface area contributed by atoms with Gasteiger partial charge in [0.1, 0.15) is 0 Å². The molecule has 0 radical (unpaired) electrons. The van der Waals surface area contributed by atoms with E-state index in [0.29, 0.717) is 31.1 Å². The molecule has 22 heavy (non-hydrogen) atoms. The summed E-state index contributed by atoms with van der Waals surface area (Å²) in [4.78, 5) is 23.2. The van der Waals surface area contributed by atoms with Crippen molar-refractivity contribution in [1.29, 1.82) is 0 Å². The van der Waals surface area contributed by atoms with Crippen LogP contribution >= 0.6 is 11.8 Å². The number of hydrogen-bond donors (Lipinski definition) is 2. The van der Waals surface area contributed by atoms with Gasteiger partial charge in [-0.15, -0.1) is 0 Å². The molecule has 2 aliphatic rings. The van der Waals surface area contributed by atoms with E-state index in [-0.39, 0.29) is 17.7 Å². The molecule has 1 saturated carbocycles. The minimum Gasteiger partial charge on any atom is -0.481 e. The van der Waals surface area contributed by atoms with Crippen molar-refractivity contribution in [2.45, 2.75) is 30.9 Å². The molecule has 0 bridgehead atoms. The zero-order chi connectivity index (χ0) is 15.5. The maximum atomic E-state index is 12.3. The molecule has 0 spiro atoms. The zero-order valence-electron chi connectivity index (χ0n) is 12.5. The Morgan fingerprint density at radius 1 is 1.23 bits per heavy atom. The van der Waals surface area contributed by atoms with E-state index in [9.17, 15) is 9.59 Å². The van der Waals surface area contributed by atoms with Crippen LogP contribution in [-0.2, 0) is 16.0 Å². The average molecular weight is 319 g/mol. The molecule has 1 aliphatic carbocycles. The number of fused-ring (bicyclic) bond motifs is 1. The van der Waals surface area contributed by atoms with Crippen LogP contribution in [0.25, 0.3) is 0 Å². The van der Waals surface area contributed by atoms with Crippen molar-refractivity contribution in [2.24, 2.45) is 11.8 Å². The fourth-order valence-corrected chi connectivity index (χ4v) is 4.66. The molecule has 1 amide bonds. The predicted molar refractivity (Wildman–Crippen MR) is 86.8 cm³/mol. The quantitative estimate of drug-likeness (QED) is 0.895. The van der Waals surface area contributed by atoms with E-state index in [1.165, 1.54) is 11.1 Å². The highest BCUT2D eigenvalue weighted by atomic mass is 32.2. The van der Waals surface area contributed by atoms with Gasteiger partial charge in [-0.1, -0.05) is 24.3 Å². The normalized spacial score (nSPS) is 27.2. The first kappa shape index (κ1) is 15.4. The number of aliphatic carboxylic acids is 1. The van der Waals surface area contributed by atoms with Crippen LogP contribution in [-0.4, -0.2) is 29.3 Å². The number of amides is 1. The molecule has 1 aliphatic heterocycles. The Morgan fingerprint density at radius 2 is 2.00 bits per heavy atom. The number of benzene rings is 1. The summed E-state index contributed by atoms with van der Waals surface area (Å²) >= 11 is 1.89. The highest BCUT2D eigenvalue weighted by Crippen LogP contribution is 2.36. The monoisotopic (exact) mass is 319 g/mol. The molecule has 3 atom stereocenters. The van der Waals surface area contributed by atoms with E-state index < -0.39 is 5.97 Å². The van der Waals surface area contributed by atoms with E-state index in [4.69, 9.17) is 5.11 Å². The first-order valence-electron chi connectivity index (χ1n) is 7.85. The number of carbonyl (C=O) groups excluding carboxylic acids is 1. The van der Waals surface area contributed by atoms with Crippen molar-refractivity contribution in [3.05, 3.63) is 35.4 Å². The van der Waals surface area contributed by atoms with Gasteiger partial charge in [0.05, 0.1) is 5.92 Å². The van der Waals surface area contributed by atoms with Crippen molar-refractivity contribution in [3.8, 4) is 0 Å². The second-order valence-electron chi connectivity index (χ2n) is 6.10. The van der Waals surface area contributed by atoms with Crippen molar-refractivity contribution in [3.63, 3.8) is 0 Å². The van der Waals surface area contributed by atoms with Gasteiger partial charge in [0, 0.05) is 17.7 Å². The third kappa shape index (κ3) is 3.29.